The van der Waals surface area contributed by atoms with Crippen molar-refractivity contribution in [2.24, 2.45) is 0 Å². The lowest BCUT2D eigenvalue weighted by Crippen LogP contribution is -2.35. The molecule has 0 aromatic carbocycles. The molecule has 0 unspecified atom stereocenters. The van der Waals surface area contributed by atoms with E-state index in [0.29, 0.717) is 0 Å². The molecule has 0 radical (unpaired) electrons. The standard InChI is InChI=1S/C13H28O2Si/c1-5-6-7-8-9-10-11-12-13-16(4,14-2)15-3/h5H,1,6-13H2,2-4H3. The summed E-state index contributed by atoms with van der Waals surface area (Å²) in [6.45, 7) is 5.87. The smallest absolute Gasteiger partial charge is 0.334 e. The third-order valence-corrected chi connectivity index (χ3v) is 6.14. The Hall–Kier alpha value is -0.123. The van der Waals surface area contributed by atoms with Gasteiger partial charge in [0, 0.05) is 14.2 Å². The maximum atomic E-state index is 5.45. The second-order valence-electron chi connectivity index (χ2n) is 4.49. The Morgan fingerprint density at radius 1 is 0.938 bits per heavy atom. The number of hydrogen-bond acceptors (Lipinski definition) is 2. The van der Waals surface area contributed by atoms with E-state index in [1.54, 1.807) is 14.2 Å². The number of hydrogen-bond donors (Lipinski definition) is 0. The number of allylic oxidation sites excluding steroid dienone is 1. The molecule has 0 aliphatic rings. The van der Waals surface area contributed by atoms with E-state index in [4.69, 9.17) is 8.85 Å². The van der Waals surface area contributed by atoms with Crippen molar-refractivity contribution in [3.63, 3.8) is 0 Å². The van der Waals surface area contributed by atoms with E-state index in [9.17, 15) is 0 Å². The average Bonchev–Trinajstić information content (AvgIpc) is 2.32. The minimum Gasteiger partial charge on any atom is -0.398 e. The fourth-order valence-corrected chi connectivity index (χ4v) is 3.20. The molecule has 16 heavy (non-hydrogen) atoms. The van der Waals surface area contributed by atoms with Crippen molar-refractivity contribution in [1.82, 2.24) is 0 Å². The highest BCUT2D eigenvalue weighted by molar-refractivity contribution is 6.65. The molecule has 0 aromatic rings. The zero-order chi connectivity index (χ0) is 12.3. The highest BCUT2D eigenvalue weighted by atomic mass is 28.4. The van der Waals surface area contributed by atoms with Crippen LogP contribution >= 0.6 is 0 Å². The Labute approximate surface area is 102 Å². The van der Waals surface area contributed by atoms with Gasteiger partial charge in [-0.1, -0.05) is 38.2 Å². The van der Waals surface area contributed by atoms with Crippen LogP contribution in [0.3, 0.4) is 0 Å². The molecule has 0 fully saturated rings. The van der Waals surface area contributed by atoms with Gasteiger partial charge in [-0.15, -0.1) is 6.58 Å². The monoisotopic (exact) mass is 244 g/mol. The summed E-state index contributed by atoms with van der Waals surface area (Å²) in [4.78, 5) is 0. The molecule has 0 saturated heterocycles. The minimum atomic E-state index is -1.79. The van der Waals surface area contributed by atoms with Crippen LogP contribution in [-0.2, 0) is 8.85 Å². The Balaban J connectivity index is 3.29. The zero-order valence-corrected chi connectivity index (χ0v) is 12.3. The molecule has 0 aliphatic heterocycles. The molecule has 2 nitrogen and oxygen atoms in total. The van der Waals surface area contributed by atoms with Crippen molar-refractivity contribution in [2.45, 2.75) is 57.5 Å². The van der Waals surface area contributed by atoms with E-state index in [0.717, 1.165) is 6.04 Å². The lowest BCUT2D eigenvalue weighted by atomic mass is 10.1. The first kappa shape index (κ1) is 15.9. The lowest BCUT2D eigenvalue weighted by molar-refractivity contribution is 0.248. The van der Waals surface area contributed by atoms with Crippen molar-refractivity contribution in [3.05, 3.63) is 12.7 Å². The van der Waals surface area contributed by atoms with Crippen molar-refractivity contribution >= 4 is 8.56 Å². The average molecular weight is 244 g/mol. The van der Waals surface area contributed by atoms with Gasteiger partial charge in [0.2, 0.25) is 0 Å². The summed E-state index contributed by atoms with van der Waals surface area (Å²) in [6, 6.07) is 1.12. The third kappa shape index (κ3) is 8.08. The molecule has 0 N–H and O–H groups in total. The van der Waals surface area contributed by atoms with Crippen molar-refractivity contribution in [2.75, 3.05) is 14.2 Å². The molecule has 0 rings (SSSR count). The first-order chi connectivity index (χ1) is 7.68. The van der Waals surface area contributed by atoms with Gasteiger partial charge in [0.15, 0.2) is 0 Å². The van der Waals surface area contributed by atoms with Gasteiger partial charge < -0.3 is 8.85 Å². The first-order valence-electron chi connectivity index (χ1n) is 6.39. The highest BCUT2D eigenvalue weighted by Gasteiger charge is 2.27. The Morgan fingerprint density at radius 3 is 1.94 bits per heavy atom. The molecule has 0 aromatic heterocycles. The van der Waals surface area contributed by atoms with Crippen LogP contribution < -0.4 is 0 Å². The Kier molecular flexibility index (Phi) is 9.98. The second-order valence-corrected chi connectivity index (χ2v) is 8.07. The summed E-state index contributed by atoms with van der Waals surface area (Å²) >= 11 is 0. The fourth-order valence-electron chi connectivity index (χ4n) is 1.73. The molecule has 96 valence electrons. The maximum absolute atomic E-state index is 5.45. The molecular weight excluding hydrogens is 216 g/mol. The highest BCUT2D eigenvalue weighted by Crippen LogP contribution is 2.17. The fraction of sp³-hybridized carbons (Fsp3) is 0.846. The van der Waals surface area contributed by atoms with Gasteiger partial charge in [0.25, 0.3) is 0 Å². The predicted molar refractivity (Wildman–Crippen MR) is 73.0 cm³/mol. The summed E-state index contributed by atoms with van der Waals surface area (Å²) in [5.41, 5.74) is 0. The minimum absolute atomic E-state index is 1.12. The van der Waals surface area contributed by atoms with Crippen LogP contribution in [0.5, 0.6) is 0 Å². The van der Waals surface area contributed by atoms with Gasteiger partial charge >= 0.3 is 8.56 Å². The molecule has 0 saturated carbocycles. The van der Waals surface area contributed by atoms with E-state index in [1.165, 1.54) is 44.9 Å². The van der Waals surface area contributed by atoms with Crippen LogP contribution in [0.1, 0.15) is 44.9 Å². The molecule has 0 spiro atoms. The van der Waals surface area contributed by atoms with E-state index in [1.807, 2.05) is 6.08 Å². The lowest BCUT2D eigenvalue weighted by Gasteiger charge is -2.22. The largest absolute Gasteiger partial charge is 0.398 e. The van der Waals surface area contributed by atoms with Gasteiger partial charge in [-0.05, 0) is 25.4 Å². The molecular formula is C13H28O2Si. The van der Waals surface area contributed by atoms with E-state index < -0.39 is 8.56 Å². The van der Waals surface area contributed by atoms with Gasteiger partial charge in [0.1, 0.15) is 0 Å². The number of rotatable bonds is 11. The molecule has 0 bridgehead atoms. The summed E-state index contributed by atoms with van der Waals surface area (Å²) < 4.78 is 10.9. The van der Waals surface area contributed by atoms with Gasteiger partial charge in [-0.3, -0.25) is 0 Å². The van der Waals surface area contributed by atoms with Crippen LogP contribution in [0.2, 0.25) is 12.6 Å². The summed E-state index contributed by atoms with van der Waals surface area (Å²) in [7, 11) is 1.75. The topological polar surface area (TPSA) is 18.5 Å². The molecule has 0 heterocycles. The normalized spacial score (nSPS) is 11.7. The number of unbranched alkanes of at least 4 members (excludes halogenated alkanes) is 6. The van der Waals surface area contributed by atoms with E-state index in [-0.39, 0.29) is 0 Å². The van der Waals surface area contributed by atoms with Crippen LogP contribution in [0.25, 0.3) is 0 Å². The maximum Gasteiger partial charge on any atom is 0.334 e. The van der Waals surface area contributed by atoms with Crippen molar-refractivity contribution in [3.8, 4) is 0 Å². The second kappa shape index (κ2) is 10.1. The summed E-state index contributed by atoms with van der Waals surface area (Å²) in [5, 5.41) is 0. The van der Waals surface area contributed by atoms with E-state index in [2.05, 4.69) is 13.1 Å². The van der Waals surface area contributed by atoms with Crippen molar-refractivity contribution < 1.29 is 8.85 Å². The SMILES string of the molecule is C=CCCCCCCCC[Si](C)(OC)OC. The van der Waals surface area contributed by atoms with Gasteiger partial charge in [-0.25, -0.2) is 0 Å². The molecule has 0 aliphatic carbocycles. The van der Waals surface area contributed by atoms with Crippen LogP contribution in [-0.4, -0.2) is 22.8 Å². The van der Waals surface area contributed by atoms with E-state index >= 15 is 0 Å². The van der Waals surface area contributed by atoms with Crippen LogP contribution in [0.4, 0.5) is 0 Å². The van der Waals surface area contributed by atoms with Gasteiger partial charge in [-0.2, -0.15) is 0 Å². The Morgan fingerprint density at radius 2 is 1.44 bits per heavy atom. The molecule has 3 heteroatoms. The van der Waals surface area contributed by atoms with Crippen molar-refractivity contribution in [1.29, 1.82) is 0 Å². The summed E-state index contributed by atoms with van der Waals surface area (Å²) in [5.74, 6) is 0. The van der Waals surface area contributed by atoms with Crippen LogP contribution in [0.15, 0.2) is 12.7 Å². The first-order valence-corrected chi connectivity index (χ1v) is 8.92. The van der Waals surface area contributed by atoms with Crippen LogP contribution in [0, 0.1) is 0 Å². The summed E-state index contributed by atoms with van der Waals surface area (Å²) in [6.07, 6.45) is 11.1. The zero-order valence-electron chi connectivity index (χ0n) is 11.3. The Bertz CT molecular complexity index is 167. The van der Waals surface area contributed by atoms with Gasteiger partial charge in [0.05, 0.1) is 0 Å². The quantitative estimate of drug-likeness (QED) is 0.307. The predicted octanol–water partition coefficient (Wildman–Crippen LogP) is 4.27. The molecule has 0 amide bonds. The molecule has 0 atom stereocenters. The third-order valence-electron chi connectivity index (χ3n) is 3.15.